The van der Waals surface area contributed by atoms with Crippen LogP contribution in [0, 0.1) is 0 Å². The van der Waals surface area contributed by atoms with Gasteiger partial charge in [0.15, 0.2) is 0 Å². The van der Waals surface area contributed by atoms with Gasteiger partial charge < -0.3 is 15.2 Å². The molecule has 2 N–H and O–H groups in total. The summed E-state index contributed by atoms with van der Waals surface area (Å²) >= 11 is 0. The molecule has 1 aromatic carbocycles. The van der Waals surface area contributed by atoms with Crippen LogP contribution in [0.1, 0.15) is 51.1 Å². The molecule has 1 aliphatic rings. The number of aromatic hydroxyl groups is 1. The van der Waals surface area contributed by atoms with E-state index < -0.39 is 0 Å². The smallest absolute Gasteiger partial charge is 0.120 e. The minimum absolute atomic E-state index is 0.206. The quantitative estimate of drug-likeness (QED) is 0.826. The normalized spacial score (nSPS) is 22.3. The fourth-order valence-corrected chi connectivity index (χ4v) is 2.85. The molecule has 106 valence electrons. The van der Waals surface area contributed by atoms with Gasteiger partial charge in [-0.2, -0.15) is 0 Å². The van der Waals surface area contributed by atoms with E-state index in [1.807, 2.05) is 18.2 Å². The highest BCUT2D eigenvalue weighted by molar-refractivity contribution is 5.34. The molecule has 1 fully saturated rings. The zero-order valence-electron chi connectivity index (χ0n) is 11.9. The topological polar surface area (TPSA) is 41.5 Å². The predicted octanol–water partition coefficient (Wildman–Crippen LogP) is 3.39. The van der Waals surface area contributed by atoms with E-state index in [4.69, 9.17) is 4.74 Å². The van der Waals surface area contributed by atoms with Crippen LogP contribution < -0.4 is 5.32 Å². The largest absolute Gasteiger partial charge is 0.508 e. The van der Waals surface area contributed by atoms with Crippen molar-refractivity contribution in [2.75, 3.05) is 6.61 Å². The second-order valence-corrected chi connectivity index (χ2v) is 5.46. The van der Waals surface area contributed by atoms with E-state index in [0.717, 1.165) is 25.0 Å². The molecule has 0 radical (unpaired) electrons. The summed E-state index contributed by atoms with van der Waals surface area (Å²) in [5.74, 6) is 0.381. The molecule has 19 heavy (non-hydrogen) atoms. The van der Waals surface area contributed by atoms with Gasteiger partial charge in [0, 0.05) is 24.3 Å². The number of benzene rings is 1. The highest BCUT2D eigenvalue weighted by Crippen LogP contribution is 2.27. The lowest BCUT2D eigenvalue weighted by Gasteiger charge is -2.25. The number of ether oxygens (including phenoxy) is 1. The molecule has 3 heteroatoms. The van der Waals surface area contributed by atoms with Crippen LogP contribution >= 0.6 is 0 Å². The zero-order chi connectivity index (χ0) is 13.7. The van der Waals surface area contributed by atoms with E-state index in [9.17, 15) is 5.11 Å². The summed E-state index contributed by atoms with van der Waals surface area (Å²) in [7, 11) is 0. The predicted molar refractivity (Wildman–Crippen MR) is 77.3 cm³/mol. The van der Waals surface area contributed by atoms with Gasteiger partial charge in [0.05, 0.1) is 6.10 Å². The number of rotatable bonds is 6. The SMILES string of the molecule is CC[C@H](N[C@@H](C)C[C@H]1CCCO1)c1ccccc1O. The molecule has 0 saturated carbocycles. The Bertz CT molecular complexity index is 388. The highest BCUT2D eigenvalue weighted by Gasteiger charge is 2.21. The first-order valence-electron chi connectivity index (χ1n) is 7.36. The zero-order valence-corrected chi connectivity index (χ0v) is 11.9. The van der Waals surface area contributed by atoms with Gasteiger partial charge >= 0.3 is 0 Å². The molecule has 2 rings (SSSR count). The van der Waals surface area contributed by atoms with E-state index in [1.165, 1.54) is 12.8 Å². The first-order valence-corrected chi connectivity index (χ1v) is 7.36. The van der Waals surface area contributed by atoms with Gasteiger partial charge in [0.2, 0.25) is 0 Å². The standard InChI is InChI=1S/C16H25NO2/c1-3-15(14-8-4-5-9-16(14)18)17-12(2)11-13-7-6-10-19-13/h4-5,8-9,12-13,15,17-18H,3,6-7,10-11H2,1-2H3/t12-,13+,15-/m0/s1. The Morgan fingerprint density at radius 2 is 2.21 bits per heavy atom. The van der Waals surface area contributed by atoms with E-state index in [-0.39, 0.29) is 6.04 Å². The van der Waals surface area contributed by atoms with Gasteiger partial charge in [0.25, 0.3) is 0 Å². The molecule has 0 bridgehead atoms. The van der Waals surface area contributed by atoms with Crippen LogP contribution in [-0.2, 0) is 4.74 Å². The second kappa shape index (κ2) is 6.92. The number of para-hydroxylation sites is 1. The number of hydrogen-bond acceptors (Lipinski definition) is 3. The Labute approximate surface area is 116 Å². The van der Waals surface area contributed by atoms with E-state index in [1.54, 1.807) is 6.07 Å². The maximum Gasteiger partial charge on any atom is 0.120 e. The lowest BCUT2D eigenvalue weighted by molar-refractivity contribution is 0.0948. The number of phenols is 1. The minimum atomic E-state index is 0.206. The third-order valence-corrected chi connectivity index (χ3v) is 3.85. The Morgan fingerprint density at radius 3 is 2.84 bits per heavy atom. The number of hydrogen-bond donors (Lipinski definition) is 2. The van der Waals surface area contributed by atoms with Crippen molar-refractivity contribution in [2.45, 2.75) is 57.7 Å². The summed E-state index contributed by atoms with van der Waals surface area (Å²) < 4.78 is 5.68. The summed E-state index contributed by atoms with van der Waals surface area (Å²) in [4.78, 5) is 0. The Morgan fingerprint density at radius 1 is 1.42 bits per heavy atom. The summed E-state index contributed by atoms with van der Waals surface area (Å²) in [5.41, 5.74) is 0.990. The Kier molecular flexibility index (Phi) is 5.23. The molecule has 1 saturated heterocycles. The molecule has 1 aliphatic heterocycles. The van der Waals surface area contributed by atoms with Crippen LogP contribution in [0.5, 0.6) is 5.75 Å². The van der Waals surface area contributed by atoms with Crippen molar-refractivity contribution in [1.82, 2.24) is 5.32 Å². The molecule has 0 aromatic heterocycles. The van der Waals surface area contributed by atoms with Crippen molar-refractivity contribution >= 4 is 0 Å². The van der Waals surface area contributed by atoms with Gasteiger partial charge in [-0.3, -0.25) is 0 Å². The summed E-state index contributed by atoms with van der Waals surface area (Å²) in [5, 5.41) is 13.6. The van der Waals surface area contributed by atoms with Gasteiger partial charge in [0.1, 0.15) is 5.75 Å². The Hall–Kier alpha value is -1.06. The van der Waals surface area contributed by atoms with Crippen molar-refractivity contribution in [3.8, 4) is 5.75 Å². The maximum absolute atomic E-state index is 9.94. The molecule has 1 aromatic rings. The monoisotopic (exact) mass is 263 g/mol. The van der Waals surface area contributed by atoms with Gasteiger partial charge in [-0.25, -0.2) is 0 Å². The van der Waals surface area contributed by atoms with Crippen molar-refractivity contribution in [3.63, 3.8) is 0 Å². The lowest BCUT2D eigenvalue weighted by atomic mass is 10.0. The van der Waals surface area contributed by atoms with Crippen LogP contribution in [0.15, 0.2) is 24.3 Å². The number of phenolic OH excluding ortho intramolecular Hbond substituents is 1. The van der Waals surface area contributed by atoms with E-state index in [2.05, 4.69) is 19.2 Å². The second-order valence-electron chi connectivity index (χ2n) is 5.46. The minimum Gasteiger partial charge on any atom is -0.508 e. The molecule has 0 amide bonds. The highest BCUT2D eigenvalue weighted by atomic mass is 16.5. The molecule has 0 aliphatic carbocycles. The van der Waals surface area contributed by atoms with Crippen LogP contribution in [0.2, 0.25) is 0 Å². The molecule has 0 spiro atoms. The average Bonchev–Trinajstić information content (AvgIpc) is 2.89. The maximum atomic E-state index is 9.94. The number of nitrogens with one attached hydrogen (secondary N) is 1. The van der Waals surface area contributed by atoms with Gasteiger partial charge in [-0.15, -0.1) is 0 Å². The first-order chi connectivity index (χ1) is 9.20. The van der Waals surface area contributed by atoms with Crippen LogP contribution in [0.4, 0.5) is 0 Å². The van der Waals surface area contributed by atoms with Crippen LogP contribution in [0.3, 0.4) is 0 Å². The summed E-state index contributed by atoms with van der Waals surface area (Å²) in [6.07, 6.45) is 4.79. The van der Waals surface area contributed by atoms with Crippen LogP contribution in [0.25, 0.3) is 0 Å². The third kappa shape index (κ3) is 3.95. The van der Waals surface area contributed by atoms with E-state index >= 15 is 0 Å². The van der Waals surface area contributed by atoms with Crippen molar-refractivity contribution in [3.05, 3.63) is 29.8 Å². The molecular weight excluding hydrogens is 238 g/mol. The van der Waals surface area contributed by atoms with Crippen molar-refractivity contribution < 1.29 is 9.84 Å². The first kappa shape index (κ1) is 14.4. The molecule has 3 nitrogen and oxygen atoms in total. The molecule has 1 heterocycles. The van der Waals surface area contributed by atoms with Crippen LogP contribution in [-0.4, -0.2) is 23.9 Å². The van der Waals surface area contributed by atoms with Gasteiger partial charge in [-0.1, -0.05) is 25.1 Å². The summed E-state index contributed by atoms with van der Waals surface area (Å²) in [6, 6.07) is 8.19. The third-order valence-electron chi connectivity index (χ3n) is 3.85. The molecular formula is C16H25NO2. The summed E-state index contributed by atoms with van der Waals surface area (Å²) in [6.45, 7) is 5.25. The van der Waals surface area contributed by atoms with Gasteiger partial charge in [-0.05, 0) is 38.7 Å². The fraction of sp³-hybridized carbons (Fsp3) is 0.625. The molecule has 0 unspecified atom stereocenters. The Balaban J connectivity index is 1.93. The average molecular weight is 263 g/mol. The molecule has 3 atom stereocenters. The van der Waals surface area contributed by atoms with Crippen molar-refractivity contribution in [1.29, 1.82) is 0 Å². The fourth-order valence-electron chi connectivity index (χ4n) is 2.85. The lowest BCUT2D eigenvalue weighted by Crippen LogP contribution is -2.33. The van der Waals surface area contributed by atoms with E-state index in [0.29, 0.717) is 17.9 Å². The van der Waals surface area contributed by atoms with Crippen molar-refractivity contribution in [2.24, 2.45) is 0 Å².